The number of nitrogen functional groups attached to an aromatic ring is 1. The van der Waals surface area contributed by atoms with E-state index in [-0.39, 0.29) is 96.3 Å². The number of ketones is 4. The van der Waals surface area contributed by atoms with Crippen LogP contribution in [-0.4, -0.2) is 155 Å². The van der Waals surface area contributed by atoms with Crippen LogP contribution in [0.15, 0.2) is 37.2 Å². The van der Waals surface area contributed by atoms with Gasteiger partial charge in [-0.05, 0) is 310 Å². The Morgan fingerprint density at radius 2 is 0.788 bits per heavy atom. The second-order valence-electron chi connectivity index (χ2n) is 38.6. The zero-order valence-electron chi connectivity index (χ0n) is 68.6. The zero-order chi connectivity index (χ0) is 79.9. The van der Waals surface area contributed by atoms with E-state index in [1.165, 1.54) is 82.3 Å². The van der Waals surface area contributed by atoms with Gasteiger partial charge in [0.2, 0.25) is 0 Å². The van der Waals surface area contributed by atoms with Crippen molar-refractivity contribution in [3.63, 3.8) is 0 Å². The van der Waals surface area contributed by atoms with Crippen molar-refractivity contribution in [2.24, 2.45) is 121 Å². The monoisotopic (exact) mass is 1580 g/mol. The van der Waals surface area contributed by atoms with E-state index in [1.807, 2.05) is 48.3 Å². The number of Topliss-reactive ketones (excluding diaryl/α,β-unsaturated/α-hetero) is 4. The average Bonchev–Trinajstić information content (AvgIpc) is 1.71. The summed E-state index contributed by atoms with van der Waals surface area (Å²) in [5.41, 5.74) is 6.27. The van der Waals surface area contributed by atoms with E-state index in [9.17, 15) is 54.2 Å². The van der Waals surface area contributed by atoms with Crippen molar-refractivity contribution in [3.05, 3.63) is 52.9 Å². The van der Waals surface area contributed by atoms with E-state index in [4.69, 9.17) is 25.1 Å². The number of anilines is 1. The summed E-state index contributed by atoms with van der Waals surface area (Å²) < 4.78 is 26.4. The molecule has 0 unspecified atom stereocenters. The van der Waals surface area contributed by atoms with E-state index in [0.717, 1.165) is 154 Å². The smallest absolute Gasteiger partial charge is 0.310 e. The number of carbonyl (C=O) groups excluding carboxylic acids is 6. The lowest BCUT2D eigenvalue weighted by molar-refractivity contribution is -0.385. The first-order chi connectivity index (χ1) is 52.0. The quantitative estimate of drug-likeness (QED) is 0.0342. The molecule has 24 nitrogen and oxygen atoms in total. The van der Waals surface area contributed by atoms with E-state index < -0.39 is 33.7 Å². The maximum absolute atomic E-state index is 13.6. The van der Waals surface area contributed by atoms with Gasteiger partial charge in [-0.25, -0.2) is 0 Å². The maximum atomic E-state index is 13.6. The Morgan fingerprint density at radius 3 is 1.08 bits per heavy atom. The highest BCUT2D eigenvalue weighted by Crippen LogP contribution is 2.72. The molecule has 638 valence electrons. The van der Waals surface area contributed by atoms with Gasteiger partial charge in [-0.3, -0.25) is 52.9 Å². The normalized spacial score (nSPS) is 39.8. The summed E-state index contributed by atoms with van der Waals surface area (Å²) in [6, 6.07) is 0. The molecule has 3 aromatic rings. The van der Waals surface area contributed by atoms with Crippen molar-refractivity contribution in [1.82, 2.24) is 29.3 Å². The van der Waals surface area contributed by atoms with Gasteiger partial charge < -0.3 is 45.1 Å². The Hall–Kier alpha value is -5.63. The number of ether oxygens (including phenoxy) is 4. The zero-order valence-corrected chi connectivity index (χ0v) is 68.6. The van der Waals surface area contributed by atoms with Crippen LogP contribution < -0.4 is 5.73 Å². The summed E-state index contributed by atoms with van der Waals surface area (Å²) >= 11 is 0. The third-order valence-electron chi connectivity index (χ3n) is 32.2. The van der Waals surface area contributed by atoms with Crippen molar-refractivity contribution in [2.75, 3.05) is 54.0 Å². The van der Waals surface area contributed by atoms with Crippen LogP contribution in [0.2, 0.25) is 0 Å². The first kappa shape index (κ1) is 92.9. The molecule has 6 N–H and O–H groups in total. The molecular weight excluding hydrogens is 1440 g/mol. The Balaban J connectivity index is 0.000000199. The molecule has 3 heterocycles. The fourth-order valence-electron chi connectivity index (χ4n) is 27.8. The highest BCUT2D eigenvalue weighted by Gasteiger charge is 2.67. The van der Waals surface area contributed by atoms with Crippen molar-refractivity contribution < 1.29 is 73.1 Å². The van der Waals surface area contributed by atoms with Crippen LogP contribution in [-0.2, 0) is 73.8 Å². The van der Waals surface area contributed by atoms with Gasteiger partial charge in [0, 0.05) is 78.9 Å². The number of carbonyl (C=O) groups is 6. The molecule has 0 amide bonds. The van der Waals surface area contributed by atoms with E-state index in [0.29, 0.717) is 108 Å². The van der Waals surface area contributed by atoms with Crippen molar-refractivity contribution in [2.45, 2.75) is 301 Å². The van der Waals surface area contributed by atoms with Crippen molar-refractivity contribution in [1.29, 1.82) is 0 Å². The number of aromatic nitrogens is 6. The Bertz CT molecular complexity index is 3740. The summed E-state index contributed by atoms with van der Waals surface area (Å²) in [7, 11) is 6.51. The van der Waals surface area contributed by atoms with Crippen LogP contribution in [0.25, 0.3) is 0 Å². The number of aliphatic hydroxyl groups excluding tert-OH is 1. The van der Waals surface area contributed by atoms with Gasteiger partial charge in [0.05, 0.1) is 72.7 Å². The predicted molar refractivity (Wildman–Crippen MR) is 434 cm³/mol. The highest BCUT2D eigenvalue weighted by atomic mass is 16.6. The van der Waals surface area contributed by atoms with Crippen LogP contribution in [0, 0.1) is 131 Å². The molecule has 24 atom stereocenters. The number of nitro groups is 1. The Morgan fingerprint density at radius 1 is 0.460 bits per heavy atom. The summed E-state index contributed by atoms with van der Waals surface area (Å²) in [6.45, 7) is 20.3. The van der Waals surface area contributed by atoms with Crippen LogP contribution in [0.1, 0.15) is 264 Å². The Labute approximate surface area is 674 Å². The molecule has 113 heavy (non-hydrogen) atoms. The minimum absolute atomic E-state index is 0. The number of rotatable bonds is 18. The summed E-state index contributed by atoms with van der Waals surface area (Å²) in [5.74, 6) is 7.20. The summed E-state index contributed by atoms with van der Waals surface area (Å²) in [4.78, 5) is 81.9. The fourth-order valence-corrected chi connectivity index (χ4v) is 27.8. The van der Waals surface area contributed by atoms with Gasteiger partial charge in [0.1, 0.15) is 24.7 Å². The van der Waals surface area contributed by atoms with Crippen LogP contribution in [0.5, 0.6) is 0 Å². The van der Waals surface area contributed by atoms with Crippen molar-refractivity contribution >= 4 is 46.4 Å². The first-order valence-electron chi connectivity index (χ1n) is 41.8. The standard InChI is InChI=1S/C29H44N2O4.C26H39N3O5.C26H41N3O3.C4H6O3.CH4O.3CH4/c1-19(32)13-20-15-30-31(16-20)17-26(33)25-8-7-23-22-6-5-21-14-27(2,34)11-12-29(21,18-35-4)24(22)9-10-28(23,25)3;1-24(31)10-11-26(16-34-3)17(12-24)4-5-19-20-6-7-22(25(20,2)9-8-21(19)26)23(30)15-28-14-18(13-27-28)29(32)33;1-24(31)10-11-26(16-32-3)17(12-24)4-5-19-20-6-7-22(25(20,2)9-8-21(19)26)23(30)15-29-14-18(27)13-28-29;1-3(5)7-4(2)6;1-2;;;/h15-16,21-25,34H,5-14,17-18H2,1-4H3;13-14,17,19-22,31H,4-12,15-16H2,1-3H3;13-14,17,19-22,31H,4-12,15-16,27H2,1-3H3;1-2H3;2H,1H3;3*1H4/t21-,22-,23-,24-,25+,27+,28-,29+;2*17-,19-,20-,21-,22+,24+,25-,26+;;;;;/m000...../s1. The Kier molecular flexibility index (Phi) is 30.2. The number of hydrogen-bond donors (Lipinski definition) is 5. The number of nitrogens with zero attached hydrogens (tertiary/aromatic N) is 7. The molecule has 12 fully saturated rings. The number of methoxy groups -OCH3 is 3. The number of fused-ring (bicyclic) bond motifs is 15. The van der Waals surface area contributed by atoms with E-state index in [1.54, 1.807) is 34.9 Å². The molecule has 12 saturated carbocycles. The van der Waals surface area contributed by atoms with Crippen LogP contribution in [0.4, 0.5) is 11.4 Å². The SMILES string of the molecule is C.C.C.CC(=O)OC(C)=O.CO.COC[C@]12CC[C@@](C)(O)C[C@@H]1CC[C@H]1[C@@H]3CC[C@H](C(=O)Cn4cc(CC(C)=O)cn4)[C@@]3(C)CC[C@@H]12.COC[C@]12CC[C@@](C)(O)C[C@@H]1CC[C@H]1[C@@H]3CC[C@H](C(=O)Cn4cc(N)cn4)[C@@]3(C)CC[C@@H]12.COC[C@]12CC[C@@](C)(O)C[C@@H]1CC[C@H]1[C@@H]3CC[C@H](C(=O)Cn4cc([N+](=O)[O-])cn4)[C@@]3(C)CC[C@@H]12. The average molecular weight is 1580 g/mol. The van der Waals surface area contributed by atoms with Gasteiger partial charge in [-0.15, -0.1) is 0 Å². The largest absolute Gasteiger partial charge is 0.400 e. The lowest BCUT2D eigenvalue weighted by Gasteiger charge is -2.62. The molecule has 0 bridgehead atoms. The molecule has 0 radical (unpaired) electrons. The fraction of sp³-hybridized carbons (Fsp3) is 0.831. The van der Waals surface area contributed by atoms with E-state index >= 15 is 0 Å². The lowest BCUT2D eigenvalue weighted by atomic mass is 9.43. The van der Waals surface area contributed by atoms with Gasteiger partial charge in [0.25, 0.3) is 0 Å². The maximum Gasteiger partial charge on any atom is 0.310 e. The third-order valence-corrected chi connectivity index (χ3v) is 32.2. The number of esters is 2. The molecule has 3 aromatic heterocycles. The summed E-state index contributed by atoms with van der Waals surface area (Å²) in [5, 5.41) is 63.1. The molecule has 15 rings (SSSR count). The molecule has 0 aromatic carbocycles. The minimum atomic E-state index is -0.565. The molecule has 12 aliphatic carbocycles. The molecule has 0 spiro atoms. The van der Waals surface area contributed by atoms with Gasteiger partial charge in [-0.1, -0.05) is 43.1 Å². The topological polar surface area (TPSA) is 343 Å². The second kappa shape index (κ2) is 36.7. The number of aliphatic hydroxyl groups is 4. The van der Waals surface area contributed by atoms with Crippen molar-refractivity contribution in [3.8, 4) is 0 Å². The van der Waals surface area contributed by atoms with Crippen LogP contribution in [0.3, 0.4) is 0 Å². The molecule has 24 heteroatoms. The number of hydrogen-bond acceptors (Lipinski definition) is 20. The summed E-state index contributed by atoms with van der Waals surface area (Å²) in [6.07, 6.45) is 38.6. The molecule has 0 saturated heterocycles. The molecule has 0 aliphatic heterocycles. The molecule has 12 aliphatic rings. The minimum Gasteiger partial charge on any atom is -0.400 e. The number of nitrogens with two attached hydrogens (primary N) is 1. The predicted octanol–water partition coefficient (Wildman–Crippen LogP) is 14.7. The first-order valence-corrected chi connectivity index (χ1v) is 41.8. The van der Waals surface area contributed by atoms with Crippen LogP contribution >= 0.6 is 0 Å². The van der Waals surface area contributed by atoms with Gasteiger partial charge >= 0.3 is 17.6 Å². The highest BCUT2D eigenvalue weighted by molar-refractivity contribution is 5.84. The van der Waals surface area contributed by atoms with Gasteiger partial charge in [-0.2, -0.15) is 15.3 Å². The van der Waals surface area contributed by atoms with Gasteiger partial charge in [0.15, 0.2) is 17.3 Å². The van der Waals surface area contributed by atoms with E-state index in [2.05, 4.69) is 40.8 Å². The molecular formula is C89H146N8O16. The third kappa shape index (κ3) is 18.6. The second-order valence-corrected chi connectivity index (χ2v) is 38.6. The lowest BCUT2D eigenvalue weighted by Crippen LogP contribution is -2.58.